The van der Waals surface area contributed by atoms with Crippen LogP contribution >= 0.6 is 0 Å². The van der Waals surface area contributed by atoms with Crippen LogP contribution in [0.4, 0.5) is 5.69 Å². The number of nitrogens with one attached hydrogen (secondary N) is 2. The quantitative estimate of drug-likeness (QED) is 0.499. The van der Waals surface area contributed by atoms with Crippen molar-refractivity contribution < 1.29 is 22.7 Å². The first-order valence-corrected chi connectivity index (χ1v) is 11.0. The number of anilines is 1. The molecule has 1 amide bonds. The Morgan fingerprint density at radius 2 is 1.90 bits per heavy atom. The lowest BCUT2D eigenvalue weighted by atomic mass is 10.2. The van der Waals surface area contributed by atoms with Gasteiger partial charge in [-0.1, -0.05) is 12.1 Å². The van der Waals surface area contributed by atoms with Gasteiger partial charge in [0.15, 0.2) is 6.10 Å². The minimum atomic E-state index is -3.60. The number of benzene rings is 2. The lowest BCUT2D eigenvalue weighted by Crippen LogP contribution is -2.30. The number of carbonyl (C=O) groups is 2. The maximum Gasteiger partial charge on any atom is 0.306 e. The van der Waals surface area contributed by atoms with Crippen molar-refractivity contribution >= 4 is 33.4 Å². The average Bonchev–Trinajstić information content (AvgIpc) is 3.02. The van der Waals surface area contributed by atoms with E-state index < -0.39 is 28.0 Å². The van der Waals surface area contributed by atoms with Crippen molar-refractivity contribution in [2.45, 2.75) is 30.8 Å². The van der Waals surface area contributed by atoms with E-state index in [2.05, 4.69) is 15.0 Å². The van der Waals surface area contributed by atoms with E-state index in [0.29, 0.717) is 23.2 Å². The zero-order chi connectivity index (χ0) is 22.4. The van der Waals surface area contributed by atoms with Gasteiger partial charge in [0.1, 0.15) is 5.84 Å². The van der Waals surface area contributed by atoms with Gasteiger partial charge in [0.2, 0.25) is 0 Å². The molecule has 9 nitrogen and oxygen atoms in total. The summed E-state index contributed by atoms with van der Waals surface area (Å²) >= 11 is 0. The summed E-state index contributed by atoms with van der Waals surface area (Å²) in [6.07, 6.45) is -0.640. The maximum atomic E-state index is 12.1. The van der Waals surface area contributed by atoms with E-state index >= 15 is 0 Å². The van der Waals surface area contributed by atoms with Gasteiger partial charge >= 0.3 is 5.97 Å². The number of hydrogen-bond donors (Lipinski definition) is 2. The molecule has 0 bridgehead atoms. The Kier molecular flexibility index (Phi) is 6.67. The lowest BCUT2D eigenvalue weighted by molar-refractivity contribution is -0.153. The van der Waals surface area contributed by atoms with Crippen LogP contribution in [0, 0.1) is 11.3 Å². The molecule has 0 unspecified atom stereocenters. The van der Waals surface area contributed by atoms with E-state index in [9.17, 15) is 18.0 Å². The summed E-state index contributed by atoms with van der Waals surface area (Å²) in [5.41, 5.74) is 1.45. The van der Waals surface area contributed by atoms with E-state index in [1.54, 1.807) is 42.5 Å². The van der Waals surface area contributed by atoms with E-state index in [1.807, 2.05) is 6.07 Å². The first-order valence-electron chi connectivity index (χ1n) is 9.47. The summed E-state index contributed by atoms with van der Waals surface area (Å²) in [6, 6.07) is 14.8. The third-order valence-corrected chi connectivity index (χ3v) is 5.83. The highest BCUT2D eigenvalue weighted by molar-refractivity contribution is 7.90. The molecule has 0 radical (unpaired) electrons. The molecule has 31 heavy (non-hydrogen) atoms. The van der Waals surface area contributed by atoms with Crippen molar-refractivity contribution in [2.75, 3.05) is 11.9 Å². The number of nitrogens with zero attached hydrogens (tertiary/aromatic N) is 2. The van der Waals surface area contributed by atoms with Gasteiger partial charge in [0.25, 0.3) is 15.9 Å². The van der Waals surface area contributed by atoms with Crippen LogP contribution in [0.1, 0.15) is 30.9 Å². The first-order chi connectivity index (χ1) is 14.8. The van der Waals surface area contributed by atoms with E-state index in [0.717, 1.165) is 0 Å². The molecule has 1 atom stereocenters. The summed E-state index contributed by atoms with van der Waals surface area (Å²) < 4.78 is 31.6. The highest BCUT2D eigenvalue weighted by Gasteiger charge is 2.29. The van der Waals surface area contributed by atoms with Crippen LogP contribution in [0.25, 0.3) is 0 Å². The van der Waals surface area contributed by atoms with Crippen molar-refractivity contribution in [1.29, 1.82) is 5.26 Å². The van der Waals surface area contributed by atoms with Crippen LogP contribution in [0.5, 0.6) is 0 Å². The normalized spacial score (nSPS) is 15.9. The van der Waals surface area contributed by atoms with Gasteiger partial charge in [0, 0.05) is 24.2 Å². The second kappa shape index (κ2) is 9.40. The number of esters is 1. The van der Waals surface area contributed by atoms with Crippen LogP contribution < -0.4 is 10.0 Å². The topological polar surface area (TPSA) is 138 Å². The Hall–Kier alpha value is -3.71. The molecule has 1 aliphatic rings. The number of amides is 1. The lowest BCUT2D eigenvalue weighted by Gasteiger charge is -2.13. The minimum Gasteiger partial charge on any atom is -0.453 e. The van der Waals surface area contributed by atoms with E-state index in [-0.39, 0.29) is 23.7 Å². The second-order valence-electron chi connectivity index (χ2n) is 6.75. The Balaban J connectivity index is 1.45. The number of carbonyl (C=O) groups excluding carboxylic acids is 2. The van der Waals surface area contributed by atoms with Gasteiger partial charge in [-0.3, -0.25) is 19.3 Å². The van der Waals surface area contributed by atoms with Gasteiger partial charge in [-0.15, -0.1) is 0 Å². The molecular formula is C21H20N4O5S. The number of hydrogen-bond acceptors (Lipinski definition) is 7. The second-order valence-corrected chi connectivity index (χ2v) is 8.40. The molecule has 10 heteroatoms. The molecule has 2 aromatic rings. The van der Waals surface area contributed by atoms with Gasteiger partial charge in [-0.2, -0.15) is 5.26 Å². The standard InChI is InChI=1S/C21H20N4O5S/c1-14(21(27)24-16-10-8-15(13-22)9-11-16)30-19(26)7-4-12-23-20-17-5-2-3-6-18(17)31(28,29)25-20/h2-3,5-6,8-11,14H,4,7,12H2,1H3,(H,23,25)(H,24,27)/t14-/m0/s1. The van der Waals surface area contributed by atoms with Gasteiger partial charge in [0.05, 0.1) is 16.5 Å². The predicted molar refractivity (Wildman–Crippen MR) is 113 cm³/mol. The number of fused-ring (bicyclic) bond motifs is 1. The number of nitriles is 1. The van der Waals surface area contributed by atoms with Crippen molar-refractivity contribution in [3.05, 3.63) is 59.7 Å². The molecule has 0 saturated carbocycles. The summed E-state index contributed by atoms with van der Waals surface area (Å²) in [5.74, 6) is -0.801. The maximum absolute atomic E-state index is 12.1. The highest BCUT2D eigenvalue weighted by Crippen LogP contribution is 2.22. The van der Waals surface area contributed by atoms with Crippen molar-refractivity contribution in [3.63, 3.8) is 0 Å². The van der Waals surface area contributed by atoms with Crippen LogP contribution in [-0.2, 0) is 24.3 Å². The van der Waals surface area contributed by atoms with Crippen LogP contribution in [0.15, 0.2) is 58.4 Å². The Labute approximate surface area is 179 Å². The minimum absolute atomic E-state index is 0.0274. The molecule has 0 saturated heterocycles. The molecule has 160 valence electrons. The van der Waals surface area contributed by atoms with Gasteiger partial charge in [-0.05, 0) is 49.7 Å². The third-order valence-electron chi connectivity index (χ3n) is 4.43. The SMILES string of the molecule is C[C@H](OC(=O)CCCN=C1NS(=O)(=O)c2ccccc21)C(=O)Nc1ccc(C#N)cc1. The fourth-order valence-electron chi connectivity index (χ4n) is 2.85. The fourth-order valence-corrected chi connectivity index (χ4v) is 4.10. The number of rotatable bonds is 7. The van der Waals surface area contributed by atoms with Gasteiger partial charge in [-0.25, -0.2) is 8.42 Å². The Morgan fingerprint density at radius 3 is 2.61 bits per heavy atom. The molecule has 0 fully saturated rings. The van der Waals surface area contributed by atoms with Gasteiger partial charge < -0.3 is 10.1 Å². The fraction of sp³-hybridized carbons (Fsp3) is 0.238. The summed E-state index contributed by atoms with van der Waals surface area (Å²) in [4.78, 5) is 28.5. The van der Waals surface area contributed by atoms with Crippen molar-refractivity contribution in [2.24, 2.45) is 4.99 Å². The molecule has 2 aromatic carbocycles. The van der Waals surface area contributed by atoms with E-state index in [1.165, 1.54) is 13.0 Å². The zero-order valence-electron chi connectivity index (χ0n) is 16.7. The summed E-state index contributed by atoms with van der Waals surface area (Å²) in [5, 5.41) is 11.4. The Bertz CT molecular complexity index is 1170. The predicted octanol–water partition coefficient (Wildman–Crippen LogP) is 1.95. The molecule has 1 heterocycles. The van der Waals surface area contributed by atoms with Crippen LogP contribution in [0.2, 0.25) is 0 Å². The van der Waals surface area contributed by atoms with Crippen LogP contribution in [0.3, 0.4) is 0 Å². The number of amidine groups is 1. The highest BCUT2D eigenvalue weighted by atomic mass is 32.2. The molecule has 0 aliphatic carbocycles. The molecule has 0 spiro atoms. The number of sulfonamides is 1. The number of ether oxygens (including phenoxy) is 1. The number of aliphatic imine (C=N–C) groups is 1. The molecule has 0 aromatic heterocycles. The largest absolute Gasteiger partial charge is 0.453 e. The summed E-state index contributed by atoms with van der Waals surface area (Å²) in [7, 11) is -3.60. The summed E-state index contributed by atoms with van der Waals surface area (Å²) in [6.45, 7) is 1.68. The van der Waals surface area contributed by atoms with Crippen molar-refractivity contribution in [3.8, 4) is 6.07 Å². The third kappa shape index (κ3) is 5.46. The molecule has 3 rings (SSSR count). The molecule has 1 aliphatic heterocycles. The van der Waals surface area contributed by atoms with Crippen LogP contribution in [-0.4, -0.2) is 38.8 Å². The smallest absolute Gasteiger partial charge is 0.306 e. The van der Waals surface area contributed by atoms with E-state index in [4.69, 9.17) is 10.00 Å². The molecular weight excluding hydrogens is 420 g/mol. The molecule has 2 N–H and O–H groups in total. The van der Waals surface area contributed by atoms with Crippen molar-refractivity contribution in [1.82, 2.24) is 4.72 Å². The zero-order valence-corrected chi connectivity index (χ0v) is 17.5. The Morgan fingerprint density at radius 1 is 1.19 bits per heavy atom. The average molecular weight is 440 g/mol. The monoisotopic (exact) mass is 440 g/mol. The first kappa shape index (κ1) is 22.0.